The van der Waals surface area contributed by atoms with Gasteiger partial charge in [0.1, 0.15) is 4.34 Å². The van der Waals surface area contributed by atoms with Gasteiger partial charge in [0.15, 0.2) is 0 Å². The van der Waals surface area contributed by atoms with E-state index in [1.165, 1.54) is 23.6 Å². The van der Waals surface area contributed by atoms with Gasteiger partial charge in [-0.2, -0.15) is 0 Å². The molecule has 0 amide bonds. The van der Waals surface area contributed by atoms with Crippen LogP contribution in [-0.4, -0.2) is 10.2 Å². The Hall–Kier alpha value is -0.0200. The van der Waals surface area contributed by atoms with Gasteiger partial charge < -0.3 is 0 Å². The maximum absolute atomic E-state index is 4.29. The second-order valence-electron chi connectivity index (χ2n) is 3.46. The minimum Gasteiger partial charge on any atom is -0.238 e. The molecule has 0 saturated heterocycles. The third-order valence-corrected chi connectivity index (χ3v) is 4.53. The van der Waals surface area contributed by atoms with Crippen molar-refractivity contribution in [2.24, 2.45) is 5.92 Å². The normalized spacial score (nSPS) is 29.4. The fourth-order valence-electron chi connectivity index (χ4n) is 1.67. The van der Waals surface area contributed by atoms with Crippen LogP contribution in [0.1, 0.15) is 26.2 Å². The van der Waals surface area contributed by atoms with E-state index in [0.29, 0.717) is 0 Å². The highest BCUT2D eigenvalue weighted by Crippen LogP contribution is 2.38. The second kappa shape index (κ2) is 3.79. The molecule has 1 nitrogen and oxygen atoms in total. The van der Waals surface area contributed by atoms with E-state index < -0.39 is 0 Å². The molecule has 2 rings (SSSR count). The summed E-state index contributed by atoms with van der Waals surface area (Å²) < 4.78 is 1.24. The predicted octanol–water partition coefficient (Wildman–Crippen LogP) is 3.42. The van der Waals surface area contributed by atoms with Crippen LogP contribution in [0.4, 0.5) is 0 Å². The van der Waals surface area contributed by atoms with Crippen molar-refractivity contribution in [3.8, 4) is 0 Å². The molecule has 0 aromatic carbocycles. The quantitative estimate of drug-likeness (QED) is 0.724. The van der Waals surface area contributed by atoms with Gasteiger partial charge >= 0.3 is 0 Å². The number of hydrogen-bond donors (Lipinski definition) is 0. The van der Waals surface area contributed by atoms with E-state index in [-0.39, 0.29) is 0 Å². The van der Waals surface area contributed by atoms with Crippen LogP contribution in [0.25, 0.3) is 0 Å². The fraction of sp³-hybridized carbons (Fsp3) is 0.667. The number of nitrogens with zero attached hydrogens (tertiary/aromatic N) is 1. The molecule has 66 valence electrons. The maximum Gasteiger partial charge on any atom is 0.150 e. The average molecular weight is 199 g/mol. The molecule has 1 fully saturated rings. The Kier molecular flexibility index (Phi) is 2.71. The first kappa shape index (κ1) is 8.57. The van der Waals surface area contributed by atoms with Crippen molar-refractivity contribution in [2.45, 2.75) is 35.8 Å². The van der Waals surface area contributed by atoms with Crippen molar-refractivity contribution in [1.82, 2.24) is 4.98 Å². The molecule has 0 bridgehead atoms. The van der Waals surface area contributed by atoms with E-state index >= 15 is 0 Å². The van der Waals surface area contributed by atoms with Crippen molar-refractivity contribution < 1.29 is 0 Å². The molecule has 12 heavy (non-hydrogen) atoms. The van der Waals surface area contributed by atoms with Gasteiger partial charge in [-0.25, -0.2) is 4.98 Å². The van der Waals surface area contributed by atoms with Crippen molar-refractivity contribution in [3.63, 3.8) is 0 Å². The monoisotopic (exact) mass is 199 g/mol. The van der Waals surface area contributed by atoms with E-state index in [0.717, 1.165) is 11.2 Å². The van der Waals surface area contributed by atoms with Crippen LogP contribution in [0.15, 0.2) is 15.9 Å². The van der Waals surface area contributed by atoms with E-state index in [4.69, 9.17) is 0 Å². The summed E-state index contributed by atoms with van der Waals surface area (Å²) >= 11 is 3.73. The Bertz CT molecular complexity index is 233. The minimum atomic E-state index is 0.839. The SMILES string of the molecule is CC1CCC(Sc2nccs2)C1. The molecule has 1 saturated carbocycles. The zero-order chi connectivity index (χ0) is 8.39. The van der Waals surface area contributed by atoms with Crippen LogP contribution in [0.2, 0.25) is 0 Å². The van der Waals surface area contributed by atoms with Gasteiger partial charge in [0.25, 0.3) is 0 Å². The van der Waals surface area contributed by atoms with Gasteiger partial charge in [0, 0.05) is 16.8 Å². The lowest BCUT2D eigenvalue weighted by atomic mass is 10.1. The van der Waals surface area contributed by atoms with E-state index in [2.05, 4.69) is 17.3 Å². The Morgan fingerprint density at radius 2 is 2.50 bits per heavy atom. The highest BCUT2D eigenvalue weighted by Gasteiger charge is 2.22. The summed E-state index contributed by atoms with van der Waals surface area (Å²) in [6.07, 6.45) is 6.06. The summed E-state index contributed by atoms with van der Waals surface area (Å²) in [6, 6.07) is 0. The molecule has 0 radical (unpaired) electrons. The summed E-state index contributed by atoms with van der Waals surface area (Å²) in [5, 5.41) is 2.90. The van der Waals surface area contributed by atoms with Gasteiger partial charge in [-0.15, -0.1) is 11.3 Å². The first-order chi connectivity index (χ1) is 5.84. The molecule has 2 unspecified atom stereocenters. The molecule has 1 heterocycles. The van der Waals surface area contributed by atoms with Crippen molar-refractivity contribution in [2.75, 3.05) is 0 Å². The zero-order valence-corrected chi connectivity index (χ0v) is 8.83. The first-order valence-corrected chi connectivity index (χ1v) is 6.16. The summed E-state index contributed by atoms with van der Waals surface area (Å²) in [4.78, 5) is 4.29. The smallest absolute Gasteiger partial charge is 0.150 e. The van der Waals surface area contributed by atoms with E-state index in [1.807, 2.05) is 18.0 Å². The van der Waals surface area contributed by atoms with Gasteiger partial charge in [-0.3, -0.25) is 0 Å². The molecule has 1 aromatic rings. The van der Waals surface area contributed by atoms with Crippen LogP contribution in [0, 0.1) is 5.92 Å². The molecule has 3 heteroatoms. The zero-order valence-electron chi connectivity index (χ0n) is 7.19. The van der Waals surface area contributed by atoms with Crippen LogP contribution in [-0.2, 0) is 0 Å². The topological polar surface area (TPSA) is 12.9 Å². The minimum absolute atomic E-state index is 0.839. The Morgan fingerprint density at radius 1 is 1.58 bits per heavy atom. The first-order valence-electron chi connectivity index (χ1n) is 4.41. The fourth-order valence-corrected chi connectivity index (χ4v) is 3.92. The number of rotatable bonds is 2. The summed E-state index contributed by atoms with van der Waals surface area (Å²) in [6.45, 7) is 2.35. The third kappa shape index (κ3) is 2.02. The van der Waals surface area contributed by atoms with Crippen LogP contribution >= 0.6 is 23.1 Å². The predicted molar refractivity (Wildman–Crippen MR) is 54.8 cm³/mol. The summed E-state index contributed by atoms with van der Waals surface area (Å²) in [7, 11) is 0. The van der Waals surface area contributed by atoms with Crippen LogP contribution < -0.4 is 0 Å². The van der Waals surface area contributed by atoms with E-state index in [1.54, 1.807) is 11.3 Å². The highest BCUT2D eigenvalue weighted by molar-refractivity contribution is 8.01. The highest BCUT2D eigenvalue weighted by atomic mass is 32.2. The average Bonchev–Trinajstić information content (AvgIpc) is 2.63. The van der Waals surface area contributed by atoms with Gasteiger partial charge in [-0.1, -0.05) is 18.7 Å². The molecule has 0 N–H and O–H groups in total. The lowest BCUT2D eigenvalue weighted by Crippen LogP contribution is -1.94. The number of thioether (sulfide) groups is 1. The van der Waals surface area contributed by atoms with Gasteiger partial charge in [0.2, 0.25) is 0 Å². The lowest BCUT2D eigenvalue weighted by molar-refractivity contribution is 0.613. The van der Waals surface area contributed by atoms with Crippen LogP contribution in [0.5, 0.6) is 0 Å². The van der Waals surface area contributed by atoms with Crippen molar-refractivity contribution in [1.29, 1.82) is 0 Å². The molecule has 0 aliphatic heterocycles. The molecule has 1 aliphatic rings. The molecule has 0 spiro atoms. The maximum atomic E-state index is 4.29. The third-order valence-electron chi connectivity index (χ3n) is 2.32. The lowest BCUT2D eigenvalue weighted by Gasteiger charge is -2.04. The second-order valence-corrected chi connectivity index (χ2v) is 5.90. The molecular formula is C9H13NS2. The summed E-state index contributed by atoms with van der Waals surface area (Å²) in [5.41, 5.74) is 0. The van der Waals surface area contributed by atoms with Crippen LogP contribution in [0.3, 0.4) is 0 Å². The van der Waals surface area contributed by atoms with Gasteiger partial charge in [-0.05, 0) is 25.2 Å². The molecule has 2 atom stereocenters. The standard InChI is InChI=1S/C9H13NS2/c1-7-2-3-8(6-7)12-9-10-4-5-11-9/h4-5,7-8H,2-3,6H2,1H3. The molecule has 1 aromatic heterocycles. The Balaban J connectivity index is 1.88. The Labute approximate surface area is 81.6 Å². The molecular weight excluding hydrogens is 186 g/mol. The summed E-state index contributed by atoms with van der Waals surface area (Å²) in [5.74, 6) is 0.933. The van der Waals surface area contributed by atoms with Crippen molar-refractivity contribution in [3.05, 3.63) is 11.6 Å². The number of thiazole rings is 1. The molecule has 1 aliphatic carbocycles. The van der Waals surface area contributed by atoms with Gasteiger partial charge in [0.05, 0.1) is 0 Å². The van der Waals surface area contributed by atoms with E-state index in [9.17, 15) is 0 Å². The number of hydrogen-bond acceptors (Lipinski definition) is 3. The Morgan fingerprint density at radius 3 is 3.08 bits per heavy atom. The largest absolute Gasteiger partial charge is 0.238 e. The van der Waals surface area contributed by atoms with Crippen molar-refractivity contribution >= 4 is 23.1 Å². The number of aromatic nitrogens is 1.